The number of anilines is 2. The van der Waals surface area contributed by atoms with Gasteiger partial charge in [0.1, 0.15) is 0 Å². The zero-order valence-electron chi connectivity index (χ0n) is 13.5. The largest absolute Gasteiger partial charge is 0.296 e. The topological polar surface area (TPSA) is 92.3 Å². The minimum atomic E-state index is -3.81. The van der Waals surface area contributed by atoms with Gasteiger partial charge in [0, 0.05) is 6.54 Å². The summed E-state index contributed by atoms with van der Waals surface area (Å²) in [6.45, 7) is 0.399. The quantitative estimate of drug-likeness (QED) is 0.673. The third-order valence-electron chi connectivity index (χ3n) is 3.95. The van der Waals surface area contributed by atoms with E-state index in [9.17, 15) is 13.2 Å². The highest BCUT2D eigenvalue weighted by Gasteiger charge is 2.32. The van der Waals surface area contributed by atoms with Crippen molar-refractivity contribution in [3.63, 3.8) is 0 Å². The third-order valence-corrected chi connectivity index (χ3v) is 7.82. The number of thiophene rings is 1. The summed E-state index contributed by atoms with van der Waals surface area (Å²) in [5, 5.41) is 12.2. The van der Waals surface area contributed by atoms with Crippen molar-refractivity contribution >= 4 is 49.4 Å². The second-order valence-electron chi connectivity index (χ2n) is 5.61. The molecule has 1 N–H and O–H groups in total. The molecule has 1 aromatic carbocycles. The van der Waals surface area contributed by atoms with Crippen LogP contribution in [0.1, 0.15) is 21.7 Å². The van der Waals surface area contributed by atoms with Crippen LogP contribution < -0.4 is 9.62 Å². The zero-order chi connectivity index (χ0) is 18.1. The molecule has 1 aliphatic heterocycles. The molecule has 2 aromatic heterocycles. The van der Waals surface area contributed by atoms with E-state index in [-0.39, 0.29) is 15.4 Å². The molecule has 1 aliphatic rings. The fourth-order valence-electron chi connectivity index (χ4n) is 2.77. The van der Waals surface area contributed by atoms with Gasteiger partial charge in [0.05, 0.1) is 10.6 Å². The Morgan fingerprint density at radius 2 is 2.00 bits per heavy atom. The number of carbonyl (C=O) groups is 1. The van der Waals surface area contributed by atoms with E-state index in [1.165, 1.54) is 15.6 Å². The van der Waals surface area contributed by atoms with Gasteiger partial charge in [-0.2, -0.15) is 8.42 Å². The number of hydrogen-bond acceptors (Lipinski definition) is 7. The van der Waals surface area contributed by atoms with E-state index in [0.717, 1.165) is 29.7 Å². The van der Waals surface area contributed by atoms with Gasteiger partial charge in [-0.3, -0.25) is 14.4 Å². The summed E-state index contributed by atoms with van der Waals surface area (Å²) >= 11 is 2.15. The molecule has 1 amide bonds. The lowest BCUT2D eigenvalue weighted by Crippen LogP contribution is -2.35. The molecule has 0 radical (unpaired) electrons. The number of hydrogen-bond donors (Lipinski definition) is 1. The van der Waals surface area contributed by atoms with Crippen LogP contribution >= 0.6 is 22.7 Å². The number of carbonyl (C=O) groups excluding carboxylic acids is 1. The lowest BCUT2D eigenvalue weighted by molar-refractivity contribution is 0.103. The maximum atomic E-state index is 13.0. The van der Waals surface area contributed by atoms with Gasteiger partial charge in [-0.05, 0) is 35.9 Å². The van der Waals surface area contributed by atoms with E-state index >= 15 is 0 Å². The number of para-hydroxylation sites is 1. The first-order valence-corrected chi connectivity index (χ1v) is 11.0. The molecule has 0 saturated heterocycles. The molecule has 3 aromatic rings. The SMILES string of the molecule is O=C(Nc1nnc(S(=O)(=O)N2CCCc3ccccc32)s1)c1cccs1. The minimum absolute atomic E-state index is 0.129. The van der Waals surface area contributed by atoms with Crippen LogP contribution in [0.3, 0.4) is 0 Å². The Labute approximate surface area is 158 Å². The van der Waals surface area contributed by atoms with Crippen LogP contribution in [0.15, 0.2) is 46.1 Å². The molecular weight excluding hydrogens is 392 g/mol. The molecular formula is C16H14N4O3S3. The van der Waals surface area contributed by atoms with Crippen LogP contribution in [0, 0.1) is 0 Å². The van der Waals surface area contributed by atoms with E-state index in [0.29, 0.717) is 17.1 Å². The van der Waals surface area contributed by atoms with Gasteiger partial charge < -0.3 is 0 Å². The highest BCUT2D eigenvalue weighted by atomic mass is 32.2. The van der Waals surface area contributed by atoms with E-state index in [1.807, 2.05) is 18.2 Å². The van der Waals surface area contributed by atoms with Crippen molar-refractivity contribution in [2.75, 3.05) is 16.2 Å². The highest BCUT2D eigenvalue weighted by Crippen LogP contribution is 2.33. The summed E-state index contributed by atoms with van der Waals surface area (Å²) in [4.78, 5) is 12.6. The monoisotopic (exact) mass is 406 g/mol. The van der Waals surface area contributed by atoms with Gasteiger partial charge in [-0.1, -0.05) is 35.6 Å². The number of sulfonamides is 1. The maximum absolute atomic E-state index is 13.0. The summed E-state index contributed by atoms with van der Waals surface area (Å²) in [7, 11) is -3.81. The summed E-state index contributed by atoms with van der Waals surface area (Å²) < 4.78 is 27.2. The summed E-state index contributed by atoms with van der Waals surface area (Å²) in [5.74, 6) is -0.330. The van der Waals surface area contributed by atoms with E-state index in [4.69, 9.17) is 0 Å². The molecule has 4 rings (SSSR count). The van der Waals surface area contributed by atoms with Crippen LogP contribution in [0.2, 0.25) is 0 Å². The number of nitrogens with one attached hydrogen (secondary N) is 1. The lowest BCUT2D eigenvalue weighted by Gasteiger charge is -2.29. The molecule has 7 nitrogen and oxygen atoms in total. The second-order valence-corrected chi connectivity index (χ2v) is 9.58. The summed E-state index contributed by atoms with van der Waals surface area (Å²) in [6.07, 6.45) is 1.59. The van der Waals surface area contributed by atoms with Crippen molar-refractivity contribution in [2.24, 2.45) is 0 Å². The van der Waals surface area contributed by atoms with Gasteiger partial charge >= 0.3 is 0 Å². The maximum Gasteiger partial charge on any atom is 0.293 e. The average Bonchev–Trinajstić information content (AvgIpc) is 3.33. The number of aromatic nitrogens is 2. The standard InChI is InChI=1S/C16H14N4O3S3/c21-14(13-8-4-10-24-13)17-15-18-19-16(25-15)26(22,23)20-9-3-6-11-5-1-2-7-12(11)20/h1-2,4-5,7-8,10H,3,6,9H2,(H,17,18,21). The summed E-state index contributed by atoms with van der Waals surface area (Å²) in [6, 6.07) is 10.9. The van der Waals surface area contributed by atoms with Crippen molar-refractivity contribution in [3.8, 4) is 0 Å². The van der Waals surface area contributed by atoms with Crippen molar-refractivity contribution < 1.29 is 13.2 Å². The lowest BCUT2D eigenvalue weighted by atomic mass is 10.0. The Morgan fingerprint density at radius 3 is 2.81 bits per heavy atom. The zero-order valence-corrected chi connectivity index (χ0v) is 15.9. The predicted molar refractivity (Wildman–Crippen MR) is 101 cm³/mol. The number of nitrogens with zero attached hydrogens (tertiary/aromatic N) is 3. The van der Waals surface area contributed by atoms with Crippen molar-refractivity contribution in [2.45, 2.75) is 17.2 Å². The molecule has 134 valence electrons. The van der Waals surface area contributed by atoms with Crippen LogP contribution in [0.4, 0.5) is 10.8 Å². The number of benzene rings is 1. The number of amides is 1. The highest BCUT2D eigenvalue weighted by molar-refractivity contribution is 7.94. The van der Waals surface area contributed by atoms with Gasteiger partial charge in [0.25, 0.3) is 20.3 Å². The molecule has 0 unspecified atom stereocenters. The number of fused-ring (bicyclic) bond motifs is 1. The Kier molecular flexibility index (Phi) is 4.47. The smallest absolute Gasteiger partial charge is 0.293 e. The molecule has 0 aliphatic carbocycles. The molecule has 0 saturated carbocycles. The van der Waals surface area contributed by atoms with E-state index in [2.05, 4.69) is 15.5 Å². The van der Waals surface area contributed by atoms with Gasteiger partial charge in [0.15, 0.2) is 0 Å². The van der Waals surface area contributed by atoms with Gasteiger partial charge in [0.2, 0.25) is 5.13 Å². The number of rotatable bonds is 4. The van der Waals surface area contributed by atoms with E-state index in [1.54, 1.807) is 23.6 Å². The second kappa shape index (κ2) is 6.78. The minimum Gasteiger partial charge on any atom is -0.296 e. The molecule has 10 heteroatoms. The van der Waals surface area contributed by atoms with Crippen LogP contribution in [-0.2, 0) is 16.4 Å². The van der Waals surface area contributed by atoms with E-state index < -0.39 is 10.0 Å². The van der Waals surface area contributed by atoms with Crippen LogP contribution in [0.5, 0.6) is 0 Å². The number of aryl methyl sites for hydroxylation is 1. The van der Waals surface area contributed by atoms with Crippen LogP contribution in [-0.4, -0.2) is 31.1 Å². The molecule has 26 heavy (non-hydrogen) atoms. The van der Waals surface area contributed by atoms with Gasteiger partial charge in [-0.25, -0.2) is 0 Å². The molecule has 0 atom stereocenters. The average molecular weight is 407 g/mol. The Morgan fingerprint density at radius 1 is 1.15 bits per heavy atom. The molecule has 0 spiro atoms. The normalized spacial score (nSPS) is 14.1. The fourth-order valence-corrected chi connectivity index (χ4v) is 5.93. The van der Waals surface area contributed by atoms with Crippen molar-refractivity contribution in [1.82, 2.24) is 10.2 Å². The first-order valence-electron chi connectivity index (χ1n) is 7.85. The van der Waals surface area contributed by atoms with Gasteiger partial charge in [-0.15, -0.1) is 21.5 Å². The first kappa shape index (κ1) is 17.1. The van der Waals surface area contributed by atoms with Crippen LogP contribution in [0.25, 0.3) is 0 Å². The summed E-state index contributed by atoms with van der Waals surface area (Å²) in [5.41, 5.74) is 1.68. The first-order chi connectivity index (χ1) is 12.6. The Bertz CT molecular complexity index is 1040. The third kappa shape index (κ3) is 3.11. The van der Waals surface area contributed by atoms with Crippen molar-refractivity contribution in [1.29, 1.82) is 0 Å². The Balaban J connectivity index is 1.60. The molecule has 0 bridgehead atoms. The Hall–Kier alpha value is -2.30. The predicted octanol–water partition coefficient (Wildman–Crippen LogP) is 2.99. The van der Waals surface area contributed by atoms with Crippen molar-refractivity contribution in [3.05, 3.63) is 52.2 Å². The molecule has 0 fully saturated rings. The molecule has 3 heterocycles. The fraction of sp³-hybridized carbons (Fsp3) is 0.188.